The Morgan fingerprint density at radius 1 is 1.15 bits per heavy atom. The Hall–Kier alpha value is -2.10. The summed E-state index contributed by atoms with van der Waals surface area (Å²) in [6.45, 7) is 6.46. The summed E-state index contributed by atoms with van der Waals surface area (Å²) in [6, 6.07) is 9.02. The summed E-state index contributed by atoms with van der Waals surface area (Å²) in [5.74, 6) is 1.83. The normalized spacial score (nSPS) is 35.1. The number of allylic oxidation sites excluding steroid dienone is 4. The molecule has 1 aromatic rings. The number of hydrogen-bond donors (Lipinski definition) is 0. The largest absolute Gasteiger partial charge is 0.378 e. The van der Waals surface area contributed by atoms with Gasteiger partial charge in [-0.25, -0.2) is 0 Å². The molecule has 0 radical (unpaired) electrons. The lowest BCUT2D eigenvalue weighted by molar-refractivity contribution is -0.134. The zero-order valence-corrected chi connectivity index (χ0v) is 21.6. The summed E-state index contributed by atoms with van der Waals surface area (Å²) in [6.07, 6.45) is 8.87. The van der Waals surface area contributed by atoms with Gasteiger partial charge in [0.05, 0.1) is 0 Å². The van der Waals surface area contributed by atoms with E-state index in [9.17, 15) is 9.59 Å². The highest BCUT2D eigenvalue weighted by Crippen LogP contribution is 2.69. The monoisotopic (exact) mass is 458 g/mol. The molecule has 3 nitrogen and oxygen atoms in total. The Labute approximate surface area is 207 Å². The van der Waals surface area contributed by atoms with Gasteiger partial charge in [-0.3, -0.25) is 9.59 Å². The third-order valence-electron chi connectivity index (χ3n) is 10.2. The van der Waals surface area contributed by atoms with Crippen molar-refractivity contribution in [2.24, 2.45) is 22.7 Å². The van der Waals surface area contributed by atoms with Crippen LogP contribution < -0.4 is 4.90 Å². The van der Waals surface area contributed by atoms with Gasteiger partial charge in [0, 0.05) is 37.5 Å². The van der Waals surface area contributed by atoms with Crippen molar-refractivity contribution in [2.75, 3.05) is 19.0 Å². The Morgan fingerprint density at radius 2 is 1.88 bits per heavy atom. The molecule has 0 aromatic heterocycles. The van der Waals surface area contributed by atoms with Crippen molar-refractivity contribution in [1.29, 1.82) is 1.34 Å². The van der Waals surface area contributed by atoms with Crippen LogP contribution in [0.15, 0.2) is 47.1 Å². The number of nitrogens with zero attached hydrogens (tertiary/aromatic N) is 1. The average molecular weight is 458 g/mol. The first kappa shape index (κ1) is 22.4. The predicted molar refractivity (Wildman–Crippen MR) is 142 cm³/mol. The quantitative estimate of drug-likeness (QED) is 0.498. The summed E-state index contributed by atoms with van der Waals surface area (Å²) < 4.78 is 8.08. The van der Waals surface area contributed by atoms with Gasteiger partial charge in [-0.1, -0.05) is 38.4 Å². The van der Waals surface area contributed by atoms with E-state index >= 15 is 0 Å². The van der Waals surface area contributed by atoms with E-state index in [4.69, 9.17) is 1.34 Å². The highest BCUT2D eigenvalue weighted by Gasteiger charge is 2.63. The van der Waals surface area contributed by atoms with E-state index in [1.165, 1.54) is 22.4 Å². The second kappa shape index (κ2) is 8.54. The van der Waals surface area contributed by atoms with Crippen LogP contribution in [0.3, 0.4) is 0 Å². The SMILES string of the molecule is [2H]B(C)CC(=O)[C@@]1(C)CCC2C3CCC4=CC(=O)CCC4=C3C(c3ccc(N(C)C)cc3)C[C@@]21C. The number of anilines is 1. The first-order valence-electron chi connectivity index (χ1n) is 13.8. The van der Waals surface area contributed by atoms with E-state index in [2.05, 4.69) is 57.1 Å². The third kappa shape index (κ3) is 3.47. The van der Waals surface area contributed by atoms with Crippen LogP contribution in [0.5, 0.6) is 0 Å². The van der Waals surface area contributed by atoms with E-state index in [0.717, 1.165) is 38.5 Å². The van der Waals surface area contributed by atoms with Crippen LogP contribution in [0, 0.1) is 22.7 Å². The fourth-order valence-corrected chi connectivity index (χ4v) is 8.08. The fraction of sp³-hybridized carbons (Fsp3) is 0.600. The molecule has 0 N–H and O–H groups in total. The number of carbonyl (C=O) groups is 2. The molecule has 2 fully saturated rings. The minimum absolute atomic E-state index is 0.0791. The Bertz CT molecular complexity index is 1100. The Balaban J connectivity index is 1.64. The van der Waals surface area contributed by atoms with E-state index in [-0.39, 0.29) is 29.8 Å². The topological polar surface area (TPSA) is 37.4 Å². The highest BCUT2D eigenvalue weighted by molar-refractivity contribution is 6.40. The van der Waals surface area contributed by atoms with Gasteiger partial charge in [0.2, 0.25) is 0 Å². The molecule has 2 saturated carbocycles. The Kier molecular flexibility index (Phi) is 5.62. The summed E-state index contributed by atoms with van der Waals surface area (Å²) in [7, 11) is 3.80. The predicted octanol–water partition coefficient (Wildman–Crippen LogP) is 6.13. The molecule has 1 aromatic carbocycles. The average Bonchev–Trinajstić information content (AvgIpc) is 3.09. The van der Waals surface area contributed by atoms with Crippen LogP contribution in [-0.2, 0) is 9.59 Å². The maximum Gasteiger partial charge on any atom is 0.156 e. The molecule has 0 amide bonds. The lowest BCUT2D eigenvalue weighted by Gasteiger charge is -2.55. The van der Waals surface area contributed by atoms with Crippen LogP contribution in [-0.4, -0.2) is 34.2 Å². The molecular formula is C30H40BNO2. The van der Waals surface area contributed by atoms with Crippen LogP contribution in [0.2, 0.25) is 13.1 Å². The number of benzene rings is 1. The van der Waals surface area contributed by atoms with E-state index < -0.39 is 0 Å². The first-order chi connectivity index (χ1) is 16.5. The van der Waals surface area contributed by atoms with Crippen molar-refractivity contribution in [3.8, 4) is 0 Å². The summed E-state index contributed by atoms with van der Waals surface area (Å²) in [5.41, 5.74) is 6.42. The smallest absolute Gasteiger partial charge is 0.156 e. The second-order valence-corrected chi connectivity index (χ2v) is 11.9. The number of hydrogen-bond acceptors (Lipinski definition) is 3. The van der Waals surface area contributed by atoms with Gasteiger partial charge < -0.3 is 4.90 Å². The number of rotatable bonds is 5. The molecule has 0 heterocycles. The van der Waals surface area contributed by atoms with Crippen molar-refractivity contribution in [1.82, 2.24) is 0 Å². The van der Waals surface area contributed by atoms with Crippen molar-refractivity contribution in [3.05, 3.63) is 52.6 Å². The van der Waals surface area contributed by atoms with Gasteiger partial charge in [-0.15, -0.1) is 0 Å². The zero-order chi connectivity index (χ0) is 25.1. The van der Waals surface area contributed by atoms with Gasteiger partial charge in [0.25, 0.3) is 0 Å². The van der Waals surface area contributed by atoms with E-state index in [0.29, 0.717) is 30.4 Å². The highest BCUT2D eigenvalue weighted by atomic mass is 16.1. The maximum atomic E-state index is 13.6. The van der Waals surface area contributed by atoms with E-state index in [1.807, 2.05) is 12.9 Å². The summed E-state index contributed by atoms with van der Waals surface area (Å²) >= 11 is 0. The molecule has 4 heteroatoms. The van der Waals surface area contributed by atoms with Crippen LogP contribution >= 0.6 is 0 Å². The molecule has 180 valence electrons. The van der Waals surface area contributed by atoms with Crippen molar-refractivity contribution >= 4 is 24.5 Å². The molecule has 4 aliphatic carbocycles. The molecule has 5 rings (SSSR count). The zero-order valence-electron chi connectivity index (χ0n) is 22.6. The van der Waals surface area contributed by atoms with Crippen molar-refractivity contribution in [2.45, 2.75) is 77.9 Å². The molecule has 4 aliphatic rings. The van der Waals surface area contributed by atoms with Gasteiger partial charge in [-0.05, 0) is 98.4 Å². The molecule has 0 bridgehead atoms. The lowest BCUT2D eigenvalue weighted by atomic mass is 9.47. The van der Waals surface area contributed by atoms with Crippen LogP contribution in [0.1, 0.15) is 70.3 Å². The molecule has 0 spiro atoms. The van der Waals surface area contributed by atoms with Crippen molar-refractivity contribution < 1.29 is 9.59 Å². The molecule has 34 heavy (non-hydrogen) atoms. The van der Waals surface area contributed by atoms with Gasteiger partial charge in [0.15, 0.2) is 5.78 Å². The maximum absolute atomic E-state index is 13.6. The molecule has 5 atom stereocenters. The van der Waals surface area contributed by atoms with E-state index in [1.54, 1.807) is 5.57 Å². The molecule has 0 aliphatic heterocycles. The molecule has 0 saturated heterocycles. The standard InChI is InChI=1S/C30H40BNO2/c1-29(27(34)18-31-3)15-14-26-24-12-8-20-16-22(33)11-13-23(20)28(24)25(17-30(26,29)2)19-6-9-21(10-7-19)32(4)5/h6-7,9-10,16,24-26,31H,8,11-15,17-18H2,1-5H3/t24?,25?,26?,29-,30+/m1/s1/i31D. The Morgan fingerprint density at radius 3 is 2.56 bits per heavy atom. The summed E-state index contributed by atoms with van der Waals surface area (Å²) in [5, 5.41) is 0. The minimum Gasteiger partial charge on any atom is -0.378 e. The first-order valence-corrected chi connectivity index (χ1v) is 13.2. The van der Waals surface area contributed by atoms with Gasteiger partial charge >= 0.3 is 0 Å². The number of ketones is 2. The number of fused-ring (bicyclic) bond motifs is 4. The minimum atomic E-state index is -0.371. The van der Waals surface area contributed by atoms with Crippen molar-refractivity contribution in [3.63, 3.8) is 0 Å². The second-order valence-electron chi connectivity index (χ2n) is 11.9. The number of Topliss-reactive ketones (excluding diaryl/α,β-unsaturated/α-hetero) is 1. The number of carbonyl (C=O) groups excluding carboxylic acids is 2. The summed E-state index contributed by atoms with van der Waals surface area (Å²) in [4.78, 5) is 28.0. The fourth-order valence-electron chi connectivity index (χ4n) is 8.08. The van der Waals surface area contributed by atoms with Crippen LogP contribution in [0.4, 0.5) is 5.69 Å². The third-order valence-corrected chi connectivity index (χ3v) is 10.2. The lowest BCUT2D eigenvalue weighted by Crippen LogP contribution is -2.50. The van der Waals surface area contributed by atoms with Crippen LogP contribution in [0.25, 0.3) is 0 Å². The van der Waals surface area contributed by atoms with Gasteiger partial charge in [0.1, 0.15) is 13.0 Å². The van der Waals surface area contributed by atoms with Gasteiger partial charge in [-0.2, -0.15) is 0 Å². The molecule has 3 unspecified atom stereocenters. The molecular weight excluding hydrogens is 417 g/mol.